The van der Waals surface area contributed by atoms with Gasteiger partial charge in [0.2, 0.25) is 0 Å². The maximum atomic E-state index is 12.3. The van der Waals surface area contributed by atoms with Gasteiger partial charge in [0.1, 0.15) is 17.4 Å². The lowest BCUT2D eigenvalue weighted by Crippen LogP contribution is -2.14. The number of hydrogen-bond donors (Lipinski definition) is 1. The molecule has 2 rings (SSSR count). The Morgan fingerprint density at radius 2 is 2.00 bits per heavy atom. The first kappa shape index (κ1) is 18.3. The summed E-state index contributed by atoms with van der Waals surface area (Å²) in [6, 6.07) is 14.6. The van der Waals surface area contributed by atoms with Crippen LogP contribution < -0.4 is 10.1 Å². The second-order valence-electron chi connectivity index (χ2n) is 5.16. The number of halogens is 1. The van der Waals surface area contributed by atoms with Crippen LogP contribution >= 0.6 is 11.6 Å². The van der Waals surface area contributed by atoms with Gasteiger partial charge in [-0.15, -0.1) is 0 Å². The number of nitrogens with zero attached hydrogens (tertiary/aromatic N) is 1. The molecule has 0 aliphatic carbocycles. The molecule has 0 atom stereocenters. The average molecular weight is 353 g/mol. The number of nitriles is 1. The fourth-order valence-corrected chi connectivity index (χ4v) is 2.32. The molecule has 0 saturated carbocycles. The van der Waals surface area contributed by atoms with Gasteiger partial charge < -0.3 is 10.1 Å². The third kappa shape index (κ3) is 4.72. The summed E-state index contributed by atoms with van der Waals surface area (Å²) >= 11 is 6.04. The number of allylic oxidation sites excluding steroid dienone is 2. The number of amides is 1. The van der Waals surface area contributed by atoms with Gasteiger partial charge in [-0.05, 0) is 36.8 Å². The Labute approximate surface area is 152 Å². The highest BCUT2D eigenvalue weighted by Gasteiger charge is 2.10. The van der Waals surface area contributed by atoms with Gasteiger partial charge in [-0.2, -0.15) is 5.26 Å². The average Bonchev–Trinajstić information content (AvgIpc) is 2.62. The molecule has 126 valence electrons. The van der Waals surface area contributed by atoms with E-state index in [1.165, 1.54) is 6.08 Å². The van der Waals surface area contributed by atoms with Crippen LogP contribution in [0.4, 0.5) is 5.69 Å². The van der Waals surface area contributed by atoms with E-state index in [1.54, 1.807) is 44.4 Å². The minimum atomic E-state index is -0.488. The third-order valence-electron chi connectivity index (χ3n) is 3.56. The van der Waals surface area contributed by atoms with E-state index >= 15 is 0 Å². The molecule has 0 radical (unpaired) electrons. The van der Waals surface area contributed by atoms with Crippen molar-refractivity contribution in [1.29, 1.82) is 5.26 Å². The SMILES string of the molecule is COc1ccccc1/C=C/C=C(\C#N)C(=O)Nc1cccc(Cl)c1C. The summed E-state index contributed by atoms with van der Waals surface area (Å²) in [5.74, 6) is 0.224. The number of nitrogens with one attached hydrogen (secondary N) is 1. The highest BCUT2D eigenvalue weighted by Crippen LogP contribution is 2.23. The van der Waals surface area contributed by atoms with Gasteiger partial charge in [0, 0.05) is 16.3 Å². The molecule has 0 saturated heterocycles. The van der Waals surface area contributed by atoms with E-state index in [2.05, 4.69) is 5.32 Å². The highest BCUT2D eigenvalue weighted by atomic mass is 35.5. The van der Waals surface area contributed by atoms with Crippen LogP contribution in [0.2, 0.25) is 5.02 Å². The minimum Gasteiger partial charge on any atom is -0.496 e. The standard InChI is InChI=1S/C20H17ClN2O2/c1-14-17(21)10-6-11-18(14)23-20(24)16(13-22)9-5-8-15-7-3-4-12-19(15)25-2/h3-12H,1-2H3,(H,23,24)/b8-5+,16-9+. The summed E-state index contributed by atoms with van der Waals surface area (Å²) in [6.07, 6.45) is 4.87. The van der Waals surface area contributed by atoms with Crippen LogP contribution in [0.15, 0.2) is 60.2 Å². The number of carbonyl (C=O) groups excluding carboxylic acids is 1. The molecule has 0 aromatic heterocycles. The number of carbonyl (C=O) groups is 1. The third-order valence-corrected chi connectivity index (χ3v) is 3.97. The molecule has 0 aliphatic rings. The van der Waals surface area contributed by atoms with E-state index in [-0.39, 0.29) is 5.57 Å². The van der Waals surface area contributed by atoms with E-state index in [9.17, 15) is 10.1 Å². The summed E-state index contributed by atoms with van der Waals surface area (Å²) in [6.45, 7) is 1.80. The topological polar surface area (TPSA) is 62.1 Å². The number of ether oxygens (including phenoxy) is 1. The van der Waals surface area contributed by atoms with Crippen molar-refractivity contribution in [2.75, 3.05) is 12.4 Å². The second kappa shape index (κ2) is 8.72. The number of rotatable bonds is 5. The quantitative estimate of drug-likeness (QED) is 0.479. The van der Waals surface area contributed by atoms with Gasteiger partial charge in [0.25, 0.3) is 5.91 Å². The van der Waals surface area contributed by atoms with E-state index in [1.807, 2.05) is 30.3 Å². The van der Waals surface area contributed by atoms with Crippen LogP contribution in [-0.4, -0.2) is 13.0 Å². The van der Waals surface area contributed by atoms with Crippen molar-refractivity contribution in [3.05, 3.63) is 76.3 Å². The van der Waals surface area contributed by atoms with E-state index in [0.29, 0.717) is 16.5 Å². The number of methoxy groups -OCH3 is 1. The summed E-state index contributed by atoms with van der Waals surface area (Å²) in [7, 11) is 1.59. The lowest BCUT2D eigenvalue weighted by molar-refractivity contribution is -0.112. The Morgan fingerprint density at radius 3 is 2.72 bits per heavy atom. The largest absolute Gasteiger partial charge is 0.496 e. The molecular formula is C20H17ClN2O2. The maximum Gasteiger partial charge on any atom is 0.266 e. The fourth-order valence-electron chi connectivity index (χ4n) is 2.15. The molecule has 25 heavy (non-hydrogen) atoms. The van der Waals surface area contributed by atoms with Crippen LogP contribution in [0.1, 0.15) is 11.1 Å². The number of para-hydroxylation sites is 1. The zero-order chi connectivity index (χ0) is 18.2. The minimum absolute atomic E-state index is 0.00877. The van der Waals surface area contributed by atoms with Gasteiger partial charge in [-0.1, -0.05) is 48.0 Å². The van der Waals surface area contributed by atoms with Crippen molar-refractivity contribution in [3.8, 4) is 11.8 Å². The molecule has 2 aromatic rings. The number of benzene rings is 2. The van der Waals surface area contributed by atoms with Crippen LogP contribution in [0.3, 0.4) is 0 Å². The monoisotopic (exact) mass is 352 g/mol. The Balaban J connectivity index is 2.17. The Hall–Kier alpha value is -3.03. The van der Waals surface area contributed by atoms with Crippen molar-refractivity contribution < 1.29 is 9.53 Å². The van der Waals surface area contributed by atoms with Crippen LogP contribution in [0.5, 0.6) is 5.75 Å². The van der Waals surface area contributed by atoms with Crippen LogP contribution in [-0.2, 0) is 4.79 Å². The molecule has 0 spiro atoms. The first-order valence-electron chi connectivity index (χ1n) is 7.54. The predicted molar refractivity (Wildman–Crippen MR) is 101 cm³/mol. The van der Waals surface area contributed by atoms with Crippen LogP contribution in [0, 0.1) is 18.3 Å². The fraction of sp³-hybridized carbons (Fsp3) is 0.100. The first-order chi connectivity index (χ1) is 12.1. The summed E-state index contributed by atoms with van der Waals surface area (Å²) in [4.78, 5) is 12.3. The van der Waals surface area contributed by atoms with Crippen LogP contribution in [0.25, 0.3) is 6.08 Å². The van der Waals surface area contributed by atoms with E-state index in [0.717, 1.165) is 11.1 Å². The van der Waals surface area contributed by atoms with Gasteiger partial charge in [-0.3, -0.25) is 4.79 Å². The van der Waals surface area contributed by atoms with Gasteiger partial charge in [0.15, 0.2) is 0 Å². The van der Waals surface area contributed by atoms with Gasteiger partial charge in [-0.25, -0.2) is 0 Å². The van der Waals surface area contributed by atoms with Crippen molar-refractivity contribution in [2.24, 2.45) is 0 Å². The van der Waals surface area contributed by atoms with Gasteiger partial charge >= 0.3 is 0 Å². The zero-order valence-electron chi connectivity index (χ0n) is 13.9. The van der Waals surface area contributed by atoms with E-state index < -0.39 is 5.91 Å². The molecule has 2 aromatic carbocycles. The second-order valence-corrected chi connectivity index (χ2v) is 5.57. The summed E-state index contributed by atoms with van der Waals surface area (Å²) in [5.41, 5.74) is 2.17. The van der Waals surface area contributed by atoms with Gasteiger partial charge in [0.05, 0.1) is 7.11 Å². The Kier molecular flexibility index (Phi) is 6.39. The number of hydrogen-bond acceptors (Lipinski definition) is 3. The first-order valence-corrected chi connectivity index (χ1v) is 7.92. The molecular weight excluding hydrogens is 336 g/mol. The van der Waals surface area contributed by atoms with Crippen molar-refractivity contribution in [3.63, 3.8) is 0 Å². The predicted octanol–water partition coefficient (Wildman–Crippen LogP) is 4.76. The number of anilines is 1. The zero-order valence-corrected chi connectivity index (χ0v) is 14.7. The Bertz CT molecular complexity index is 880. The van der Waals surface area contributed by atoms with E-state index in [4.69, 9.17) is 16.3 Å². The molecule has 5 heteroatoms. The summed E-state index contributed by atoms with van der Waals surface area (Å²) in [5, 5.41) is 12.5. The highest BCUT2D eigenvalue weighted by molar-refractivity contribution is 6.31. The molecule has 4 nitrogen and oxygen atoms in total. The molecule has 0 bridgehead atoms. The lowest BCUT2D eigenvalue weighted by Gasteiger charge is -2.08. The maximum absolute atomic E-state index is 12.3. The normalized spacial score (nSPS) is 11.2. The molecule has 1 N–H and O–H groups in total. The molecule has 0 aliphatic heterocycles. The molecule has 1 amide bonds. The van der Waals surface area contributed by atoms with Crippen molar-refractivity contribution in [2.45, 2.75) is 6.92 Å². The van der Waals surface area contributed by atoms with Crippen molar-refractivity contribution >= 4 is 29.3 Å². The lowest BCUT2D eigenvalue weighted by atomic mass is 10.1. The summed E-state index contributed by atoms with van der Waals surface area (Å²) < 4.78 is 5.25. The van der Waals surface area contributed by atoms with Crippen molar-refractivity contribution in [1.82, 2.24) is 0 Å². The molecule has 0 fully saturated rings. The smallest absolute Gasteiger partial charge is 0.266 e. The molecule has 0 unspecified atom stereocenters. The Morgan fingerprint density at radius 1 is 1.24 bits per heavy atom. The molecule has 0 heterocycles.